The maximum absolute atomic E-state index is 14.5. The lowest BCUT2D eigenvalue weighted by atomic mass is 10.0. The molecule has 1 aliphatic heterocycles. The molecule has 0 spiro atoms. The van der Waals surface area contributed by atoms with E-state index in [1.54, 1.807) is 91.7 Å². The molecule has 1 aliphatic rings. The molecule has 0 aliphatic carbocycles. The van der Waals surface area contributed by atoms with Crippen molar-refractivity contribution in [2.75, 3.05) is 20.1 Å². The van der Waals surface area contributed by atoms with E-state index in [9.17, 15) is 48.6 Å². The van der Waals surface area contributed by atoms with Gasteiger partial charge >= 0.3 is 11.9 Å². The van der Waals surface area contributed by atoms with Gasteiger partial charge in [0.05, 0.1) is 37.2 Å². The van der Waals surface area contributed by atoms with Crippen LogP contribution in [0.5, 0.6) is 0 Å². The molecule has 9 heterocycles. The van der Waals surface area contributed by atoms with Crippen LogP contribution in [0.4, 0.5) is 0 Å². The lowest BCUT2D eigenvalue weighted by Gasteiger charge is -2.23. The highest BCUT2D eigenvalue weighted by Crippen LogP contribution is 2.41. The fourth-order valence-electron chi connectivity index (χ4n) is 8.94. The van der Waals surface area contributed by atoms with Gasteiger partial charge in [0.1, 0.15) is 94.2 Å². The van der Waals surface area contributed by atoms with Crippen molar-refractivity contribution in [1.29, 1.82) is 0 Å². The third kappa shape index (κ3) is 16.7. The van der Waals surface area contributed by atoms with E-state index in [0.717, 1.165) is 72.2 Å². The van der Waals surface area contributed by atoms with Gasteiger partial charge in [-0.3, -0.25) is 38.4 Å². The zero-order valence-corrected chi connectivity index (χ0v) is 56.8. The van der Waals surface area contributed by atoms with Crippen LogP contribution in [0.3, 0.4) is 0 Å². The molecule has 10 rings (SSSR count). The number of aryl methyl sites for hydroxylation is 1. The zero-order valence-electron chi connectivity index (χ0n) is 50.2. The SMILES string of the molecule is CNC(=O)CC1NC(=O)c2csc(n2)-c2ccc(-c3nc(C(=O)NCCC(=O)OC(C)(C)C)cs3)nc2-c2csc(n2)-c2csc(n2)C(C(O)c2ccccc2)NC(=O)CNC(=O)c2nc(sc2CSSc2nnnn2CC(=O)O)C(C(C)C)NC(=O)c2nc1sc2C. The number of esters is 1. The van der Waals surface area contributed by atoms with E-state index in [1.807, 2.05) is 13.8 Å². The first-order chi connectivity index (χ1) is 44.5. The summed E-state index contributed by atoms with van der Waals surface area (Å²) in [6, 6.07) is 9.09. The third-order valence-corrected chi connectivity index (χ3v) is 21.4. The summed E-state index contributed by atoms with van der Waals surface area (Å²) >= 11 is 6.93. The highest BCUT2D eigenvalue weighted by molar-refractivity contribution is 8.76. The molecule has 1 aromatic carbocycles. The number of aliphatic carboxylic acids is 1. The molecule has 93 heavy (non-hydrogen) atoms. The van der Waals surface area contributed by atoms with Crippen LogP contribution in [-0.2, 0) is 36.2 Å². The number of hydrogen-bond acceptors (Lipinski definition) is 28. The van der Waals surface area contributed by atoms with E-state index in [-0.39, 0.29) is 64.0 Å². The maximum atomic E-state index is 14.5. The smallest absolute Gasteiger partial charge is 0.325 e. The van der Waals surface area contributed by atoms with E-state index in [1.165, 1.54) is 29.2 Å². The Morgan fingerprint density at radius 1 is 0.753 bits per heavy atom. The van der Waals surface area contributed by atoms with Crippen molar-refractivity contribution >= 4 is 137 Å². The van der Waals surface area contributed by atoms with Crippen LogP contribution in [0, 0.1) is 12.8 Å². The van der Waals surface area contributed by atoms with E-state index in [0.29, 0.717) is 68.7 Å². The summed E-state index contributed by atoms with van der Waals surface area (Å²) in [5.41, 5.74) is 1.70. The minimum atomic E-state index is -1.33. The lowest BCUT2D eigenvalue weighted by molar-refractivity contribution is -0.154. The zero-order chi connectivity index (χ0) is 66.3. The molecule has 484 valence electrons. The summed E-state index contributed by atoms with van der Waals surface area (Å²) in [5.74, 6) is -5.51. The second-order valence-electron chi connectivity index (χ2n) is 21.7. The number of tetrazole rings is 1. The van der Waals surface area contributed by atoms with Crippen LogP contribution >= 0.6 is 89.6 Å². The molecular formula is C57H57N17O11S8. The first-order valence-electron chi connectivity index (χ1n) is 28.2. The Morgan fingerprint density at radius 2 is 1.47 bits per heavy atom. The summed E-state index contributed by atoms with van der Waals surface area (Å²) in [5, 5.41) is 58.3. The number of aromatic nitrogens is 11. The summed E-state index contributed by atoms with van der Waals surface area (Å²) < 4.78 is 6.47. The fourth-order valence-corrected chi connectivity index (χ4v) is 16.8. The monoisotopic (exact) mass is 1410 g/mol. The Balaban J connectivity index is 1.02. The topological polar surface area (TPSA) is 392 Å². The van der Waals surface area contributed by atoms with Crippen molar-refractivity contribution in [1.82, 2.24) is 87.0 Å². The van der Waals surface area contributed by atoms with Gasteiger partial charge in [0.15, 0.2) is 0 Å². The number of benzene rings is 1. The average Bonchev–Trinajstić information content (AvgIpc) is 1.83. The van der Waals surface area contributed by atoms with Gasteiger partial charge < -0.3 is 46.9 Å². The Bertz CT molecular complexity index is 4260. The van der Waals surface area contributed by atoms with Crippen molar-refractivity contribution < 1.29 is 53.3 Å². The van der Waals surface area contributed by atoms with Crippen LogP contribution in [-0.4, -0.2) is 138 Å². The Hall–Kier alpha value is -8.36. The second-order valence-corrected chi connectivity index (χ2v) is 29.8. The van der Waals surface area contributed by atoms with Crippen molar-refractivity contribution in [2.45, 2.75) is 102 Å². The molecule has 4 unspecified atom stereocenters. The molecule has 4 atom stereocenters. The lowest BCUT2D eigenvalue weighted by Crippen LogP contribution is -2.40. The number of hydrogen-bond donors (Lipinski definition) is 8. The number of nitrogens with one attached hydrogen (secondary N) is 6. The largest absolute Gasteiger partial charge is 0.480 e. The number of carbonyl (C=O) groups excluding carboxylic acids is 7. The van der Waals surface area contributed by atoms with Gasteiger partial charge in [-0.05, 0) is 72.5 Å². The van der Waals surface area contributed by atoms with Crippen LogP contribution in [0.25, 0.3) is 43.4 Å². The van der Waals surface area contributed by atoms with E-state index < -0.39 is 90.3 Å². The number of amides is 6. The van der Waals surface area contributed by atoms with Gasteiger partial charge in [-0.25, -0.2) is 39.6 Å². The number of carbonyl (C=O) groups is 8. The molecule has 0 saturated heterocycles. The molecule has 36 heteroatoms. The second kappa shape index (κ2) is 29.7. The Labute approximate surface area is 561 Å². The molecule has 9 aromatic rings. The molecule has 8 aromatic heterocycles. The minimum Gasteiger partial charge on any atom is -0.480 e. The Kier molecular flexibility index (Phi) is 21.6. The van der Waals surface area contributed by atoms with Gasteiger partial charge in [0.2, 0.25) is 17.0 Å². The van der Waals surface area contributed by atoms with Crippen molar-refractivity contribution in [3.05, 3.63) is 117 Å². The number of fused-ring (bicyclic) bond motifs is 14. The highest BCUT2D eigenvalue weighted by atomic mass is 33.1. The van der Waals surface area contributed by atoms with Crippen LogP contribution in [0.2, 0.25) is 0 Å². The number of pyridine rings is 1. The number of carboxylic acids is 1. The minimum absolute atomic E-state index is 0.00859. The van der Waals surface area contributed by atoms with Gasteiger partial charge in [0, 0.05) is 56.2 Å². The number of carboxylic acid groups (broad SMARTS) is 1. The molecule has 28 nitrogen and oxygen atoms in total. The quantitative estimate of drug-likeness (QED) is 0.0340. The van der Waals surface area contributed by atoms with Crippen LogP contribution in [0.15, 0.2) is 69.1 Å². The highest BCUT2D eigenvalue weighted by Gasteiger charge is 2.33. The van der Waals surface area contributed by atoms with Crippen LogP contribution in [0.1, 0.15) is 144 Å². The van der Waals surface area contributed by atoms with Gasteiger partial charge in [-0.15, -0.1) is 73.1 Å². The predicted octanol–water partition coefficient (Wildman–Crippen LogP) is 7.64. The van der Waals surface area contributed by atoms with Crippen LogP contribution < -0.4 is 31.9 Å². The molecule has 6 amide bonds. The number of nitrogens with zero attached hydrogens (tertiary/aromatic N) is 11. The van der Waals surface area contributed by atoms with Gasteiger partial charge in [-0.1, -0.05) is 55.0 Å². The molecule has 10 bridgehead atoms. The number of ether oxygens (including phenoxy) is 1. The summed E-state index contributed by atoms with van der Waals surface area (Å²) in [7, 11) is 3.70. The van der Waals surface area contributed by atoms with Crippen molar-refractivity contribution in [3.63, 3.8) is 0 Å². The fraction of sp³-hybridized carbons (Fsp3) is 0.333. The predicted molar refractivity (Wildman–Crippen MR) is 352 cm³/mol. The normalized spacial score (nSPS) is 15.9. The number of rotatable bonds is 16. The molecule has 0 fully saturated rings. The number of thiazole rings is 6. The van der Waals surface area contributed by atoms with Crippen molar-refractivity contribution in [3.8, 4) is 43.4 Å². The number of aliphatic hydroxyl groups excluding tert-OH is 1. The number of aliphatic hydroxyl groups is 1. The summed E-state index contributed by atoms with van der Waals surface area (Å²) in [6.45, 7) is 9.57. The maximum Gasteiger partial charge on any atom is 0.325 e. The van der Waals surface area contributed by atoms with Gasteiger partial charge in [-0.2, -0.15) is 0 Å². The first kappa shape index (κ1) is 67.5. The van der Waals surface area contributed by atoms with E-state index in [2.05, 4.69) is 52.4 Å². The molecule has 8 N–H and O–H groups in total. The average molecular weight is 1410 g/mol. The molecular weight excluding hydrogens is 1360 g/mol. The summed E-state index contributed by atoms with van der Waals surface area (Å²) in [4.78, 5) is 142. The third-order valence-electron chi connectivity index (χ3n) is 13.3. The molecule has 0 saturated carbocycles. The van der Waals surface area contributed by atoms with Gasteiger partial charge in [0.25, 0.3) is 23.6 Å². The standard InChI is InChI=1S/C57H57N17O11S8/c1-25(2)40-55-70-43(35(92-55)24-90-93-56-71-72-73-74(56)19-38(77)78)48(83)60-18-37(76)67-44(45(80)27-11-9-8-10-12-27)54-66-34(23-89-54)52-63-31(20-87-52)42-28(13-14-29(61-42)51-65-32(21-88-51)46(81)59-16-15-39(79)85-57(4,5)6)50-64-33(22-86-50)47(82)62-30(17-36(75)58-7)53-69-41(26(3)91-53)49(84)68-40/h8-14,20-23,25,30,40,44-45,80H,15-19,24H2,1-7H3,(H,58,75)(H,59,81)(H,60,83)(H,62,82)(H,67,76)(H,68,84)(H,77,78). The first-order valence-corrected chi connectivity index (χ1v) is 35.7. The Morgan fingerprint density at radius 3 is 2.23 bits per heavy atom. The summed E-state index contributed by atoms with van der Waals surface area (Å²) in [6.07, 6.45) is -1.64. The van der Waals surface area contributed by atoms with E-state index in [4.69, 9.17) is 34.6 Å². The van der Waals surface area contributed by atoms with E-state index >= 15 is 0 Å². The van der Waals surface area contributed by atoms with Crippen molar-refractivity contribution in [2.24, 2.45) is 5.92 Å². The molecule has 0 radical (unpaired) electrons.